The maximum Gasteiger partial charge on any atom is 0.129 e. The second kappa shape index (κ2) is 4.89. The predicted octanol–water partition coefficient (Wildman–Crippen LogP) is 3.03. The van der Waals surface area contributed by atoms with Gasteiger partial charge in [0.05, 0.1) is 5.01 Å². The first-order valence-corrected chi connectivity index (χ1v) is 6.02. The maximum absolute atomic E-state index is 13.4. The summed E-state index contributed by atoms with van der Waals surface area (Å²) < 4.78 is 26.1. The minimum atomic E-state index is -0.568. The minimum Gasteiger partial charge on any atom is -0.323 e. The standard InChI is InChI=1S/C12H12F2N2S/c1-7(15)11-6-16-12(17-11)4-8-2-3-9(13)5-10(8)14/h2-3,5-7H,4,15H2,1H3. The molecule has 2 nitrogen and oxygen atoms in total. The molecule has 1 unspecified atom stereocenters. The Kier molecular flexibility index (Phi) is 3.49. The Hall–Kier alpha value is -1.33. The third-order valence-electron chi connectivity index (χ3n) is 2.38. The van der Waals surface area contributed by atoms with Crippen molar-refractivity contribution in [3.05, 3.63) is 51.5 Å². The first-order chi connectivity index (χ1) is 8.06. The number of thiazole rings is 1. The van der Waals surface area contributed by atoms with Crippen molar-refractivity contribution in [1.82, 2.24) is 4.98 Å². The molecule has 1 aromatic heterocycles. The minimum absolute atomic E-state index is 0.0701. The van der Waals surface area contributed by atoms with Gasteiger partial charge in [0.1, 0.15) is 11.6 Å². The topological polar surface area (TPSA) is 38.9 Å². The van der Waals surface area contributed by atoms with Gasteiger partial charge in [0, 0.05) is 29.6 Å². The van der Waals surface area contributed by atoms with Crippen molar-refractivity contribution >= 4 is 11.3 Å². The highest BCUT2D eigenvalue weighted by atomic mass is 32.1. The Morgan fingerprint density at radius 1 is 1.41 bits per heavy atom. The zero-order valence-electron chi connectivity index (χ0n) is 9.28. The number of aromatic nitrogens is 1. The third kappa shape index (κ3) is 2.87. The van der Waals surface area contributed by atoms with E-state index in [0.717, 1.165) is 16.0 Å². The molecule has 0 spiro atoms. The van der Waals surface area contributed by atoms with E-state index >= 15 is 0 Å². The molecule has 2 aromatic rings. The Morgan fingerprint density at radius 2 is 2.18 bits per heavy atom. The number of hydrogen-bond donors (Lipinski definition) is 1. The van der Waals surface area contributed by atoms with Gasteiger partial charge in [-0.3, -0.25) is 0 Å². The van der Waals surface area contributed by atoms with Gasteiger partial charge < -0.3 is 5.73 Å². The summed E-state index contributed by atoms with van der Waals surface area (Å²) in [6.07, 6.45) is 2.07. The third-order valence-corrected chi connectivity index (χ3v) is 3.58. The molecule has 1 heterocycles. The molecule has 5 heteroatoms. The molecule has 0 aliphatic heterocycles. The number of nitrogens with two attached hydrogens (primary N) is 1. The smallest absolute Gasteiger partial charge is 0.129 e. The van der Waals surface area contributed by atoms with Crippen LogP contribution in [0, 0.1) is 11.6 Å². The van der Waals surface area contributed by atoms with E-state index in [9.17, 15) is 8.78 Å². The molecular weight excluding hydrogens is 242 g/mol. The van der Waals surface area contributed by atoms with Crippen LogP contribution in [0.2, 0.25) is 0 Å². The number of nitrogens with zero attached hydrogens (tertiary/aromatic N) is 1. The van der Waals surface area contributed by atoms with E-state index in [0.29, 0.717) is 12.0 Å². The monoisotopic (exact) mass is 254 g/mol. The molecule has 0 bridgehead atoms. The number of halogens is 2. The van der Waals surface area contributed by atoms with Crippen LogP contribution in [0.4, 0.5) is 8.78 Å². The van der Waals surface area contributed by atoms with E-state index in [4.69, 9.17) is 5.73 Å². The highest BCUT2D eigenvalue weighted by molar-refractivity contribution is 7.11. The highest BCUT2D eigenvalue weighted by Gasteiger charge is 2.09. The molecule has 2 N–H and O–H groups in total. The van der Waals surface area contributed by atoms with Crippen LogP contribution in [0.25, 0.3) is 0 Å². The summed E-state index contributed by atoms with van der Waals surface area (Å²) in [5, 5.41) is 0.780. The zero-order chi connectivity index (χ0) is 12.4. The van der Waals surface area contributed by atoms with Crippen molar-refractivity contribution in [2.24, 2.45) is 5.73 Å². The number of benzene rings is 1. The van der Waals surface area contributed by atoms with Crippen molar-refractivity contribution < 1.29 is 8.78 Å². The van der Waals surface area contributed by atoms with Gasteiger partial charge in [0.2, 0.25) is 0 Å². The van der Waals surface area contributed by atoms with Crippen LogP contribution >= 0.6 is 11.3 Å². The van der Waals surface area contributed by atoms with E-state index < -0.39 is 11.6 Å². The fourth-order valence-corrected chi connectivity index (χ4v) is 2.34. The fourth-order valence-electron chi connectivity index (χ4n) is 1.44. The molecule has 90 valence electrons. The SMILES string of the molecule is CC(N)c1cnc(Cc2ccc(F)cc2F)s1. The zero-order valence-corrected chi connectivity index (χ0v) is 10.1. The summed E-state index contributed by atoms with van der Waals surface area (Å²) in [6.45, 7) is 1.87. The summed E-state index contributed by atoms with van der Waals surface area (Å²) in [5.74, 6) is -1.11. The van der Waals surface area contributed by atoms with Crippen molar-refractivity contribution in [2.45, 2.75) is 19.4 Å². The summed E-state index contributed by atoms with van der Waals surface area (Å²) >= 11 is 1.45. The summed E-state index contributed by atoms with van der Waals surface area (Å²) in [6, 6.07) is 3.50. The lowest BCUT2D eigenvalue weighted by Crippen LogP contribution is -2.01. The summed E-state index contributed by atoms with van der Waals surface area (Å²) in [5.41, 5.74) is 6.16. The lowest BCUT2D eigenvalue weighted by atomic mass is 10.1. The first-order valence-electron chi connectivity index (χ1n) is 5.20. The van der Waals surface area contributed by atoms with Gasteiger partial charge in [-0.25, -0.2) is 13.8 Å². The number of rotatable bonds is 3. The van der Waals surface area contributed by atoms with Crippen molar-refractivity contribution in [3.63, 3.8) is 0 Å². The van der Waals surface area contributed by atoms with E-state index in [-0.39, 0.29) is 6.04 Å². The molecule has 0 fully saturated rings. The lowest BCUT2D eigenvalue weighted by molar-refractivity contribution is 0.574. The van der Waals surface area contributed by atoms with Crippen LogP contribution < -0.4 is 5.73 Å². The lowest BCUT2D eigenvalue weighted by Gasteiger charge is -2.00. The van der Waals surface area contributed by atoms with Crippen LogP contribution in [0.5, 0.6) is 0 Å². The molecule has 0 amide bonds. The summed E-state index contributed by atoms with van der Waals surface area (Å²) in [7, 11) is 0. The summed E-state index contributed by atoms with van der Waals surface area (Å²) in [4.78, 5) is 5.14. The Bertz CT molecular complexity index is 523. The second-order valence-corrected chi connectivity index (χ2v) is 5.00. The van der Waals surface area contributed by atoms with Gasteiger partial charge in [-0.05, 0) is 18.6 Å². The Balaban J connectivity index is 2.19. The molecule has 0 saturated carbocycles. The fraction of sp³-hybridized carbons (Fsp3) is 0.250. The second-order valence-electron chi connectivity index (χ2n) is 3.86. The van der Waals surface area contributed by atoms with Crippen molar-refractivity contribution in [2.75, 3.05) is 0 Å². The van der Waals surface area contributed by atoms with Crippen LogP contribution in [0.3, 0.4) is 0 Å². The van der Waals surface area contributed by atoms with E-state index in [1.54, 1.807) is 6.20 Å². The van der Waals surface area contributed by atoms with Crippen LogP contribution in [0.1, 0.15) is 28.4 Å². The molecule has 17 heavy (non-hydrogen) atoms. The van der Waals surface area contributed by atoms with Gasteiger partial charge in [-0.1, -0.05) is 6.07 Å². The molecule has 1 atom stereocenters. The largest absolute Gasteiger partial charge is 0.323 e. The molecule has 1 aromatic carbocycles. The predicted molar refractivity (Wildman–Crippen MR) is 63.9 cm³/mol. The van der Waals surface area contributed by atoms with Crippen molar-refractivity contribution in [1.29, 1.82) is 0 Å². The Morgan fingerprint density at radius 3 is 2.76 bits per heavy atom. The average molecular weight is 254 g/mol. The molecule has 0 saturated heterocycles. The average Bonchev–Trinajstić information content (AvgIpc) is 2.71. The first kappa shape index (κ1) is 12.1. The van der Waals surface area contributed by atoms with E-state index in [1.807, 2.05) is 6.92 Å². The quantitative estimate of drug-likeness (QED) is 0.914. The van der Waals surface area contributed by atoms with Gasteiger partial charge in [-0.15, -0.1) is 11.3 Å². The van der Waals surface area contributed by atoms with Gasteiger partial charge in [-0.2, -0.15) is 0 Å². The van der Waals surface area contributed by atoms with Gasteiger partial charge in [0.15, 0.2) is 0 Å². The highest BCUT2D eigenvalue weighted by Crippen LogP contribution is 2.22. The van der Waals surface area contributed by atoms with Gasteiger partial charge >= 0.3 is 0 Å². The number of hydrogen-bond acceptors (Lipinski definition) is 3. The van der Waals surface area contributed by atoms with E-state index in [2.05, 4.69) is 4.98 Å². The normalized spacial score (nSPS) is 12.7. The Labute approximate surface area is 102 Å². The molecule has 2 rings (SSSR count). The van der Waals surface area contributed by atoms with Crippen molar-refractivity contribution in [3.8, 4) is 0 Å². The molecule has 0 aliphatic carbocycles. The van der Waals surface area contributed by atoms with Crippen LogP contribution in [-0.4, -0.2) is 4.98 Å². The van der Waals surface area contributed by atoms with E-state index in [1.165, 1.54) is 23.5 Å². The molecule has 0 radical (unpaired) electrons. The van der Waals surface area contributed by atoms with Crippen LogP contribution in [-0.2, 0) is 6.42 Å². The molecular formula is C12H12F2N2S. The molecule has 0 aliphatic rings. The van der Waals surface area contributed by atoms with Crippen LogP contribution in [0.15, 0.2) is 24.4 Å². The van der Waals surface area contributed by atoms with Gasteiger partial charge in [0.25, 0.3) is 0 Å². The maximum atomic E-state index is 13.4.